The Kier molecular flexibility index (Phi) is 7.16. The zero-order chi connectivity index (χ0) is 25.5. The number of fused-ring (bicyclic) bond motifs is 1. The summed E-state index contributed by atoms with van der Waals surface area (Å²) in [5.74, 6) is 1.59. The van der Waals surface area contributed by atoms with Crippen molar-refractivity contribution in [3.8, 4) is 22.5 Å². The average molecular weight is 673 g/mol. The van der Waals surface area contributed by atoms with Crippen molar-refractivity contribution in [2.24, 2.45) is 0 Å². The Morgan fingerprint density at radius 3 is 1.58 bits per heavy atom. The van der Waals surface area contributed by atoms with Gasteiger partial charge in [0.2, 0.25) is 0 Å². The first-order valence-corrected chi connectivity index (χ1v) is 12.5. The summed E-state index contributed by atoms with van der Waals surface area (Å²) < 4.78 is 0. The zero-order valence-corrected chi connectivity index (χ0v) is 24.3. The summed E-state index contributed by atoms with van der Waals surface area (Å²) in [6, 6.07) is 34.5. The summed E-state index contributed by atoms with van der Waals surface area (Å²) in [4.78, 5) is 15.0. The number of hydrogen-bond donors (Lipinski definition) is 0. The van der Waals surface area contributed by atoms with Gasteiger partial charge in [0.05, 0.1) is 11.4 Å². The van der Waals surface area contributed by atoms with Crippen LogP contribution in [0.4, 0.5) is 23.0 Å². The van der Waals surface area contributed by atoms with Crippen molar-refractivity contribution in [3.05, 3.63) is 126 Å². The molecule has 0 bridgehead atoms. The van der Waals surface area contributed by atoms with Gasteiger partial charge in [-0.05, 0) is 62.1 Å². The molecule has 191 valence electrons. The number of aromatic nitrogens is 2. The number of anilines is 4. The Hall–Kier alpha value is -3.79. The molecule has 0 saturated carbocycles. The molecular weight excluding hydrogens is 645 g/mol. The van der Waals surface area contributed by atoms with Crippen LogP contribution in [0.5, 0.6) is 0 Å². The fraction of sp³-hybridized carbons (Fsp3) is 0.121. The van der Waals surface area contributed by atoms with Crippen molar-refractivity contribution in [1.29, 1.82) is 0 Å². The molecule has 0 amide bonds. The Bertz CT molecular complexity index is 1440. The van der Waals surface area contributed by atoms with Crippen molar-refractivity contribution in [1.82, 2.24) is 9.97 Å². The van der Waals surface area contributed by atoms with E-state index in [0.29, 0.717) is 0 Å². The number of para-hydroxylation sites is 2. The van der Waals surface area contributed by atoms with Crippen LogP contribution in [-0.2, 0) is 20.1 Å². The second-order valence-electron chi connectivity index (χ2n) is 9.54. The van der Waals surface area contributed by atoms with Gasteiger partial charge in [0.25, 0.3) is 0 Å². The fourth-order valence-corrected chi connectivity index (χ4v) is 5.18. The van der Waals surface area contributed by atoms with Gasteiger partial charge in [-0.1, -0.05) is 54.6 Å². The summed E-state index contributed by atoms with van der Waals surface area (Å²) in [6.45, 7) is 10.7. The first-order chi connectivity index (χ1) is 18.0. The molecule has 1 radical (unpaired) electrons. The molecule has 38 heavy (non-hydrogen) atoms. The summed E-state index contributed by atoms with van der Waals surface area (Å²) in [5, 5.41) is 0. The average Bonchev–Trinajstić information content (AvgIpc) is 3.28. The maximum Gasteiger partial charge on any atom is 0.146 e. The van der Waals surface area contributed by atoms with Gasteiger partial charge in [-0.3, -0.25) is 0 Å². The molecule has 1 aliphatic heterocycles. The van der Waals surface area contributed by atoms with Crippen LogP contribution >= 0.6 is 0 Å². The van der Waals surface area contributed by atoms with Crippen LogP contribution in [0, 0.1) is 40.4 Å². The van der Waals surface area contributed by atoms with Gasteiger partial charge in [0, 0.05) is 36.9 Å². The number of benzene rings is 4. The topological polar surface area (TPSA) is 32.3 Å². The fourth-order valence-electron chi connectivity index (χ4n) is 5.18. The minimum Gasteiger partial charge on any atom is -0.477 e. The number of rotatable bonds is 4. The van der Waals surface area contributed by atoms with E-state index < -0.39 is 0 Å². The maximum absolute atomic E-state index is 5.41. The maximum atomic E-state index is 5.41. The molecule has 5 heteroatoms. The van der Waals surface area contributed by atoms with Crippen LogP contribution in [-0.4, -0.2) is 9.97 Å². The van der Waals surface area contributed by atoms with E-state index >= 15 is 0 Å². The van der Waals surface area contributed by atoms with Crippen molar-refractivity contribution < 1.29 is 20.1 Å². The molecule has 1 aromatic heterocycles. The predicted octanol–water partition coefficient (Wildman–Crippen LogP) is 8.25. The predicted molar refractivity (Wildman–Crippen MR) is 152 cm³/mol. The molecule has 0 saturated heterocycles. The summed E-state index contributed by atoms with van der Waals surface area (Å²) in [6.07, 6.45) is 0. The molecule has 6 rings (SSSR count). The minimum absolute atomic E-state index is 0. The van der Waals surface area contributed by atoms with Crippen LogP contribution in [0.25, 0.3) is 22.5 Å². The van der Waals surface area contributed by atoms with Gasteiger partial charge in [-0.15, -0.1) is 12.4 Å². The largest absolute Gasteiger partial charge is 0.477 e. The van der Waals surface area contributed by atoms with E-state index in [1.165, 1.54) is 22.3 Å². The molecule has 4 aromatic carbocycles. The molecule has 0 fully saturated rings. The van der Waals surface area contributed by atoms with E-state index in [1.807, 2.05) is 36.4 Å². The summed E-state index contributed by atoms with van der Waals surface area (Å²) in [7, 11) is 0. The van der Waals surface area contributed by atoms with E-state index in [-0.39, 0.29) is 20.1 Å². The smallest absolute Gasteiger partial charge is 0.146 e. The van der Waals surface area contributed by atoms with Gasteiger partial charge in [0.15, 0.2) is 0 Å². The Morgan fingerprint density at radius 2 is 1.08 bits per heavy atom. The number of hydrogen-bond acceptors (Lipinski definition) is 4. The molecule has 4 nitrogen and oxygen atoms in total. The normalized spacial score (nSPS) is 12.3. The van der Waals surface area contributed by atoms with Crippen molar-refractivity contribution in [2.75, 3.05) is 9.80 Å². The van der Waals surface area contributed by atoms with Crippen LogP contribution in [0.3, 0.4) is 0 Å². The molecular formula is C33H28IrN4-2. The second kappa shape index (κ2) is 10.5. The Morgan fingerprint density at radius 1 is 0.579 bits per heavy atom. The van der Waals surface area contributed by atoms with Crippen molar-refractivity contribution in [3.63, 3.8) is 0 Å². The van der Waals surface area contributed by atoms with Crippen LogP contribution in [0.2, 0.25) is 0 Å². The van der Waals surface area contributed by atoms with E-state index in [0.717, 1.165) is 45.5 Å². The standard InChI is InChI=1S/C33H28N4.Ir/c1-22-13-11-14-23(2)28(22)30-31(29-24(3)15-12-16-25(29)4)35-33-32(34-30)36(26-17-7-5-8-18-26)21-37(33)27-19-9-6-10-20-27;/h5-19,21H,1-4H3;/q-2;. The SMILES string of the molecule is Cc1cccc(C)c1-c1nc2c(nc1-c1c(C)cccc1C)N(c1ccccc1)[CH-]N2c1[c-]cccc1.[Ir]. The van der Waals surface area contributed by atoms with Crippen LogP contribution in [0.1, 0.15) is 22.3 Å². The second-order valence-corrected chi connectivity index (χ2v) is 9.54. The molecule has 0 aliphatic carbocycles. The molecule has 5 aromatic rings. The minimum atomic E-state index is 0. The number of nitrogens with zero attached hydrogens (tertiary/aromatic N) is 4. The molecule has 0 spiro atoms. The zero-order valence-electron chi connectivity index (χ0n) is 21.9. The van der Waals surface area contributed by atoms with Crippen molar-refractivity contribution >= 4 is 23.0 Å². The summed E-state index contributed by atoms with van der Waals surface area (Å²) >= 11 is 0. The van der Waals surface area contributed by atoms with Gasteiger partial charge in [-0.2, -0.15) is 30.3 Å². The third-order valence-corrected chi connectivity index (χ3v) is 6.97. The van der Waals surface area contributed by atoms with Gasteiger partial charge in [-0.25, -0.2) is 9.97 Å². The molecule has 0 N–H and O–H groups in total. The first kappa shape index (κ1) is 25.8. The molecule has 1 aliphatic rings. The van der Waals surface area contributed by atoms with Gasteiger partial charge < -0.3 is 9.80 Å². The first-order valence-electron chi connectivity index (χ1n) is 12.5. The molecule has 0 atom stereocenters. The third kappa shape index (κ3) is 4.42. The van der Waals surface area contributed by atoms with E-state index in [9.17, 15) is 0 Å². The van der Waals surface area contributed by atoms with Gasteiger partial charge in [0.1, 0.15) is 11.6 Å². The van der Waals surface area contributed by atoms with Crippen LogP contribution in [0.15, 0.2) is 91.0 Å². The summed E-state index contributed by atoms with van der Waals surface area (Å²) in [5.41, 5.74) is 10.7. The third-order valence-electron chi connectivity index (χ3n) is 6.97. The Balaban J connectivity index is 0.00000294. The monoisotopic (exact) mass is 673 g/mol. The van der Waals surface area contributed by atoms with E-state index in [2.05, 4.69) is 105 Å². The van der Waals surface area contributed by atoms with E-state index in [1.54, 1.807) is 0 Å². The molecule has 0 unspecified atom stereocenters. The molecule has 2 heterocycles. The van der Waals surface area contributed by atoms with E-state index in [4.69, 9.17) is 9.97 Å². The number of aryl methyl sites for hydroxylation is 4. The Labute approximate surface area is 238 Å². The van der Waals surface area contributed by atoms with Crippen molar-refractivity contribution in [2.45, 2.75) is 27.7 Å². The van der Waals surface area contributed by atoms with Crippen LogP contribution < -0.4 is 9.80 Å². The van der Waals surface area contributed by atoms with Gasteiger partial charge >= 0.3 is 0 Å². The quantitative estimate of drug-likeness (QED) is 0.180.